The molecule has 0 saturated carbocycles. The Kier molecular flexibility index (Phi) is 8.84. The maximum atomic E-state index is 12.4. The molecular formula is C15H22BNO6S. The van der Waals surface area contributed by atoms with Crippen LogP contribution in [-0.4, -0.2) is 59.1 Å². The minimum Gasteiger partial charge on any atom is -0.481 e. The van der Waals surface area contributed by atoms with Gasteiger partial charge in [0.25, 0.3) is 5.91 Å². The van der Waals surface area contributed by atoms with E-state index in [2.05, 4.69) is 11.9 Å². The van der Waals surface area contributed by atoms with Gasteiger partial charge in [0.2, 0.25) is 0 Å². The Morgan fingerprint density at radius 2 is 2.17 bits per heavy atom. The van der Waals surface area contributed by atoms with Gasteiger partial charge >= 0.3 is 13.1 Å². The van der Waals surface area contributed by atoms with Gasteiger partial charge in [0.05, 0.1) is 30.6 Å². The molecule has 0 aromatic carbocycles. The number of carboxylic acid groups (broad SMARTS) is 1. The normalized spacial score (nSPS) is 22.2. The van der Waals surface area contributed by atoms with Crippen molar-refractivity contribution in [1.82, 2.24) is 5.32 Å². The summed E-state index contributed by atoms with van der Waals surface area (Å²) in [7, 11) is -1.27. The predicted molar refractivity (Wildman–Crippen MR) is 93.2 cm³/mol. The predicted octanol–water partition coefficient (Wildman–Crippen LogP) is 0.496. The number of amides is 1. The number of aliphatic hydroxyl groups is 1. The Bertz CT molecular complexity index is 536. The van der Waals surface area contributed by atoms with Crippen LogP contribution in [0.1, 0.15) is 19.3 Å². The highest BCUT2D eigenvalue weighted by atomic mass is 32.2. The number of hydrogen-bond donors (Lipinski definition) is 4. The molecule has 4 N–H and O–H groups in total. The van der Waals surface area contributed by atoms with E-state index in [0.717, 1.165) is 0 Å². The lowest BCUT2D eigenvalue weighted by molar-refractivity contribution is -0.139. The van der Waals surface area contributed by atoms with Crippen LogP contribution in [0.3, 0.4) is 0 Å². The molecule has 0 spiro atoms. The highest BCUT2D eigenvalue weighted by Gasteiger charge is 2.37. The first-order valence-corrected chi connectivity index (χ1v) is 8.69. The Morgan fingerprint density at radius 3 is 2.67 bits per heavy atom. The van der Waals surface area contributed by atoms with Crippen molar-refractivity contribution >= 4 is 30.8 Å². The number of hydrogen-bond acceptors (Lipinski definition) is 6. The Hall–Kier alpha value is -1.55. The molecule has 0 aromatic rings. The van der Waals surface area contributed by atoms with Crippen molar-refractivity contribution in [3.05, 3.63) is 35.3 Å². The van der Waals surface area contributed by atoms with Crippen molar-refractivity contribution in [2.75, 3.05) is 12.9 Å². The van der Waals surface area contributed by atoms with Gasteiger partial charge in [-0.3, -0.25) is 9.59 Å². The number of aliphatic hydroxyl groups excluding tert-OH is 1. The Labute approximate surface area is 145 Å². The first kappa shape index (κ1) is 20.5. The minimum atomic E-state index is -1.27. The van der Waals surface area contributed by atoms with Crippen LogP contribution in [0, 0.1) is 0 Å². The van der Waals surface area contributed by atoms with Gasteiger partial charge in [0.15, 0.2) is 0 Å². The molecule has 1 saturated heterocycles. The lowest BCUT2D eigenvalue weighted by Gasteiger charge is -2.31. The second kappa shape index (κ2) is 10.3. The molecule has 9 heteroatoms. The molecule has 1 amide bonds. The molecule has 0 radical (unpaired) electrons. The molecule has 7 nitrogen and oxygen atoms in total. The third-order valence-corrected chi connectivity index (χ3v) is 4.28. The van der Waals surface area contributed by atoms with Crippen LogP contribution >= 0.6 is 11.8 Å². The van der Waals surface area contributed by atoms with Crippen LogP contribution < -0.4 is 5.32 Å². The molecule has 2 atom stereocenters. The third-order valence-electron chi connectivity index (χ3n) is 3.49. The van der Waals surface area contributed by atoms with E-state index in [-0.39, 0.29) is 18.6 Å². The SMILES string of the molecule is C=C/C=C(SC)/C(=C\CO)C(=O)N[C@H]1CC[C@@H](CC(=O)O)OB1O. The van der Waals surface area contributed by atoms with Crippen molar-refractivity contribution in [3.8, 4) is 0 Å². The number of rotatable bonds is 8. The van der Waals surface area contributed by atoms with Crippen LogP contribution in [0.25, 0.3) is 0 Å². The fourth-order valence-corrected chi connectivity index (χ4v) is 3.00. The lowest BCUT2D eigenvalue weighted by atomic mass is 9.72. The summed E-state index contributed by atoms with van der Waals surface area (Å²) in [6.07, 6.45) is 6.43. The summed E-state index contributed by atoms with van der Waals surface area (Å²) < 4.78 is 5.24. The van der Waals surface area contributed by atoms with E-state index in [1.807, 2.05) is 0 Å². The summed E-state index contributed by atoms with van der Waals surface area (Å²) in [4.78, 5) is 23.8. The number of aliphatic carboxylic acids is 1. The summed E-state index contributed by atoms with van der Waals surface area (Å²) in [5.41, 5.74) is 0.282. The van der Waals surface area contributed by atoms with Gasteiger partial charge in [-0.25, -0.2) is 0 Å². The molecule has 24 heavy (non-hydrogen) atoms. The highest BCUT2D eigenvalue weighted by Crippen LogP contribution is 2.23. The quantitative estimate of drug-likeness (QED) is 0.285. The van der Waals surface area contributed by atoms with Crippen molar-refractivity contribution in [3.63, 3.8) is 0 Å². The Balaban J connectivity index is 2.75. The molecule has 0 aliphatic carbocycles. The second-order valence-corrected chi connectivity index (χ2v) is 6.02. The van der Waals surface area contributed by atoms with E-state index < -0.39 is 31.0 Å². The summed E-state index contributed by atoms with van der Waals surface area (Å²) in [6, 6.07) is 0. The number of carbonyl (C=O) groups excluding carboxylic acids is 1. The van der Waals surface area contributed by atoms with Gasteiger partial charge in [-0.05, 0) is 31.2 Å². The number of carboxylic acids is 1. The largest absolute Gasteiger partial charge is 0.481 e. The van der Waals surface area contributed by atoms with Gasteiger partial charge in [-0.15, -0.1) is 11.8 Å². The van der Waals surface area contributed by atoms with Gasteiger partial charge in [-0.2, -0.15) is 0 Å². The fourth-order valence-electron chi connectivity index (χ4n) is 2.37. The first-order chi connectivity index (χ1) is 11.4. The summed E-state index contributed by atoms with van der Waals surface area (Å²) in [5, 5.41) is 30.5. The Morgan fingerprint density at radius 1 is 1.46 bits per heavy atom. The van der Waals surface area contributed by atoms with Crippen LogP contribution in [0.5, 0.6) is 0 Å². The van der Waals surface area contributed by atoms with E-state index in [0.29, 0.717) is 17.7 Å². The minimum absolute atomic E-state index is 0.188. The van der Waals surface area contributed by atoms with Crippen LogP contribution in [0.15, 0.2) is 35.3 Å². The number of allylic oxidation sites excluding steroid dienone is 2. The number of thioether (sulfide) groups is 1. The molecule has 1 aliphatic rings. The summed E-state index contributed by atoms with van der Waals surface area (Å²) in [5.74, 6) is -2.09. The highest BCUT2D eigenvalue weighted by molar-refractivity contribution is 8.02. The number of nitrogens with one attached hydrogen (secondary N) is 1. The average molecular weight is 355 g/mol. The molecule has 0 unspecified atom stereocenters. The van der Waals surface area contributed by atoms with E-state index in [4.69, 9.17) is 14.9 Å². The van der Waals surface area contributed by atoms with E-state index >= 15 is 0 Å². The molecule has 1 aliphatic heterocycles. The van der Waals surface area contributed by atoms with E-state index in [9.17, 15) is 14.6 Å². The zero-order valence-corrected chi connectivity index (χ0v) is 14.3. The van der Waals surface area contributed by atoms with Crippen molar-refractivity contribution in [2.45, 2.75) is 31.3 Å². The molecule has 0 aromatic heterocycles. The van der Waals surface area contributed by atoms with Gasteiger partial charge in [-0.1, -0.05) is 12.7 Å². The smallest absolute Gasteiger partial charge is 0.478 e. The van der Waals surface area contributed by atoms with Gasteiger partial charge < -0.3 is 25.2 Å². The fraction of sp³-hybridized carbons (Fsp3) is 0.467. The topological polar surface area (TPSA) is 116 Å². The standard InChI is InChI=1S/C15H22BNO6S/c1-3-4-12(24-2)11(7-8-18)15(21)17-13-6-5-10(9-14(19)20)23-16(13)22/h3-4,7,10,13,18,22H,1,5-6,8-9H2,2H3,(H,17,21)(H,19,20)/b11-7+,12-4-/t10-,13-/m0/s1. The third kappa shape index (κ3) is 6.16. The number of carbonyl (C=O) groups is 2. The zero-order valence-electron chi connectivity index (χ0n) is 13.5. The van der Waals surface area contributed by atoms with Crippen LogP contribution in [0.2, 0.25) is 0 Å². The maximum absolute atomic E-state index is 12.4. The van der Waals surface area contributed by atoms with Crippen LogP contribution in [0.4, 0.5) is 0 Å². The lowest BCUT2D eigenvalue weighted by Crippen LogP contribution is -2.53. The molecule has 132 valence electrons. The second-order valence-electron chi connectivity index (χ2n) is 5.17. The monoisotopic (exact) mass is 355 g/mol. The van der Waals surface area contributed by atoms with Gasteiger partial charge in [0.1, 0.15) is 0 Å². The first-order valence-electron chi connectivity index (χ1n) is 7.47. The molecule has 1 rings (SSSR count). The molecular weight excluding hydrogens is 333 g/mol. The van der Waals surface area contributed by atoms with Gasteiger partial charge in [0, 0.05) is 4.91 Å². The van der Waals surface area contributed by atoms with Crippen molar-refractivity contribution in [1.29, 1.82) is 0 Å². The summed E-state index contributed by atoms with van der Waals surface area (Å²) in [6.45, 7) is 3.29. The molecule has 1 heterocycles. The maximum Gasteiger partial charge on any atom is 0.478 e. The molecule has 0 bridgehead atoms. The van der Waals surface area contributed by atoms with E-state index in [1.54, 1.807) is 18.4 Å². The average Bonchev–Trinajstić information content (AvgIpc) is 2.52. The molecule has 1 fully saturated rings. The van der Waals surface area contributed by atoms with E-state index in [1.165, 1.54) is 17.8 Å². The summed E-state index contributed by atoms with van der Waals surface area (Å²) >= 11 is 1.33. The van der Waals surface area contributed by atoms with Crippen molar-refractivity contribution in [2.24, 2.45) is 0 Å². The zero-order chi connectivity index (χ0) is 18.1. The van der Waals surface area contributed by atoms with Crippen molar-refractivity contribution < 1.29 is 29.5 Å². The van der Waals surface area contributed by atoms with Crippen LogP contribution in [-0.2, 0) is 14.2 Å².